The lowest BCUT2D eigenvalue weighted by atomic mass is 9.96. The fraction of sp³-hybridized carbons (Fsp3) is 0.154. The zero-order valence-electron chi connectivity index (χ0n) is 17.2. The first kappa shape index (κ1) is 19.6. The predicted molar refractivity (Wildman–Crippen MR) is 122 cm³/mol. The van der Waals surface area contributed by atoms with Crippen LogP contribution in [-0.2, 0) is 6.54 Å². The first-order chi connectivity index (χ1) is 14.9. The first-order valence-electron chi connectivity index (χ1n) is 10.1. The van der Waals surface area contributed by atoms with Gasteiger partial charge in [-0.15, -0.1) is 0 Å². The van der Waals surface area contributed by atoms with Gasteiger partial charge in [-0.2, -0.15) is 0 Å². The minimum atomic E-state index is -0.540. The predicted octanol–water partition coefficient (Wildman–Crippen LogP) is 5.81. The molecule has 1 atom stereocenters. The Hall–Kier alpha value is -3.37. The molecule has 154 valence electrons. The number of fused-ring (bicyclic) bond motifs is 2. The molecule has 1 aromatic heterocycles. The van der Waals surface area contributed by atoms with Crippen LogP contribution in [-0.4, -0.2) is 10.8 Å². The van der Waals surface area contributed by atoms with Crippen LogP contribution in [0.15, 0.2) is 75.9 Å². The lowest BCUT2D eigenvalue weighted by molar-refractivity contribution is 0.0714. The molecule has 0 saturated heterocycles. The van der Waals surface area contributed by atoms with Crippen molar-refractivity contribution < 1.29 is 9.21 Å². The van der Waals surface area contributed by atoms with E-state index in [-0.39, 0.29) is 17.1 Å². The summed E-state index contributed by atoms with van der Waals surface area (Å²) >= 11 is 6.10. The second kappa shape index (κ2) is 7.40. The minimum absolute atomic E-state index is 0.124. The number of hydrogen-bond acceptors (Lipinski definition) is 3. The van der Waals surface area contributed by atoms with Crippen LogP contribution in [0.25, 0.3) is 11.0 Å². The van der Waals surface area contributed by atoms with Gasteiger partial charge >= 0.3 is 0 Å². The number of carbonyl (C=O) groups is 1. The SMILES string of the molecule is Cc1cc(C)c2c(=O)c3c(oc2c1)C(=O)N(Cc1ccccc1)C3c1ccc(Cl)cc1. The number of carbonyl (C=O) groups excluding carboxylic acids is 1. The molecule has 0 fully saturated rings. The van der Waals surface area contributed by atoms with Crippen molar-refractivity contribution in [3.8, 4) is 0 Å². The van der Waals surface area contributed by atoms with E-state index in [4.69, 9.17) is 16.0 Å². The van der Waals surface area contributed by atoms with Gasteiger partial charge in [0.05, 0.1) is 17.0 Å². The van der Waals surface area contributed by atoms with Crippen molar-refractivity contribution in [3.63, 3.8) is 0 Å². The van der Waals surface area contributed by atoms with E-state index < -0.39 is 6.04 Å². The molecule has 0 saturated carbocycles. The highest BCUT2D eigenvalue weighted by molar-refractivity contribution is 6.30. The van der Waals surface area contributed by atoms with Gasteiger partial charge in [0.1, 0.15) is 5.58 Å². The van der Waals surface area contributed by atoms with Gasteiger partial charge in [-0.05, 0) is 54.3 Å². The number of hydrogen-bond donors (Lipinski definition) is 0. The third kappa shape index (κ3) is 3.24. The topological polar surface area (TPSA) is 50.5 Å². The Morgan fingerprint density at radius 1 is 0.968 bits per heavy atom. The summed E-state index contributed by atoms with van der Waals surface area (Å²) in [5.41, 5.74) is 4.31. The fourth-order valence-corrected chi connectivity index (χ4v) is 4.57. The van der Waals surface area contributed by atoms with Crippen LogP contribution in [0.5, 0.6) is 0 Å². The zero-order valence-corrected chi connectivity index (χ0v) is 17.9. The standard InChI is InChI=1S/C26H20ClNO3/c1-15-12-16(2)21-20(13-15)31-25-22(24(21)29)23(18-8-10-19(27)11-9-18)28(26(25)30)14-17-6-4-3-5-7-17/h3-13,23H,14H2,1-2H3. The molecule has 0 N–H and O–H groups in total. The molecule has 5 rings (SSSR count). The first-order valence-corrected chi connectivity index (χ1v) is 10.5. The molecule has 1 aliphatic rings. The van der Waals surface area contributed by atoms with Crippen molar-refractivity contribution in [2.75, 3.05) is 0 Å². The van der Waals surface area contributed by atoms with E-state index in [0.29, 0.717) is 28.1 Å². The molecule has 1 unspecified atom stereocenters. The van der Waals surface area contributed by atoms with Crippen LogP contribution in [0.3, 0.4) is 0 Å². The van der Waals surface area contributed by atoms with Crippen LogP contribution in [0.4, 0.5) is 0 Å². The second-order valence-corrected chi connectivity index (χ2v) is 8.44. The third-order valence-electron chi connectivity index (χ3n) is 5.79. The largest absolute Gasteiger partial charge is 0.450 e. The van der Waals surface area contributed by atoms with E-state index in [1.807, 2.05) is 68.4 Å². The van der Waals surface area contributed by atoms with Crippen LogP contribution < -0.4 is 5.43 Å². The fourth-order valence-electron chi connectivity index (χ4n) is 4.45. The Labute approximate surface area is 184 Å². The van der Waals surface area contributed by atoms with E-state index >= 15 is 0 Å². The van der Waals surface area contributed by atoms with Gasteiger partial charge < -0.3 is 9.32 Å². The summed E-state index contributed by atoms with van der Waals surface area (Å²) in [5.74, 6) is -0.157. The molecule has 1 amide bonds. The highest BCUT2D eigenvalue weighted by Crippen LogP contribution is 2.39. The van der Waals surface area contributed by atoms with Gasteiger partial charge in [0.15, 0.2) is 5.43 Å². The molecule has 2 heterocycles. The molecule has 3 aromatic carbocycles. The Morgan fingerprint density at radius 3 is 2.39 bits per heavy atom. The van der Waals surface area contributed by atoms with E-state index in [1.54, 1.807) is 17.0 Å². The molecular weight excluding hydrogens is 410 g/mol. The van der Waals surface area contributed by atoms with E-state index in [0.717, 1.165) is 22.3 Å². The van der Waals surface area contributed by atoms with Gasteiger partial charge in [0, 0.05) is 11.6 Å². The Bertz CT molecular complexity index is 1370. The summed E-state index contributed by atoms with van der Waals surface area (Å²) in [6.07, 6.45) is 0. The van der Waals surface area contributed by atoms with E-state index in [1.165, 1.54) is 0 Å². The molecular formula is C26H20ClNO3. The molecule has 4 nitrogen and oxygen atoms in total. The molecule has 0 radical (unpaired) electrons. The summed E-state index contributed by atoms with van der Waals surface area (Å²) in [4.78, 5) is 28.9. The number of amides is 1. The Balaban J connectivity index is 1.76. The van der Waals surface area contributed by atoms with Crippen molar-refractivity contribution in [2.24, 2.45) is 0 Å². The maximum atomic E-state index is 13.7. The zero-order chi connectivity index (χ0) is 21.7. The van der Waals surface area contributed by atoms with Crippen LogP contribution in [0.2, 0.25) is 5.02 Å². The van der Waals surface area contributed by atoms with Crippen molar-refractivity contribution in [1.29, 1.82) is 0 Å². The lowest BCUT2D eigenvalue weighted by Crippen LogP contribution is -2.29. The molecule has 4 aromatic rings. The summed E-state index contributed by atoms with van der Waals surface area (Å²) < 4.78 is 6.09. The smallest absolute Gasteiger partial charge is 0.291 e. The summed E-state index contributed by atoms with van der Waals surface area (Å²) in [6.45, 7) is 4.21. The highest BCUT2D eigenvalue weighted by Gasteiger charge is 2.42. The molecule has 5 heteroatoms. The molecule has 1 aliphatic heterocycles. The number of nitrogens with zero attached hydrogens (tertiary/aromatic N) is 1. The summed E-state index contributed by atoms with van der Waals surface area (Å²) in [6, 6.07) is 20.2. The summed E-state index contributed by atoms with van der Waals surface area (Å²) in [5, 5.41) is 1.12. The van der Waals surface area contributed by atoms with Gasteiger partial charge in [-0.3, -0.25) is 9.59 Å². The van der Waals surface area contributed by atoms with Crippen molar-refractivity contribution in [2.45, 2.75) is 26.4 Å². The maximum absolute atomic E-state index is 13.7. The van der Waals surface area contributed by atoms with Crippen molar-refractivity contribution in [1.82, 2.24) is 4.90 Å². The molecule has 0 spiro atoms. The molecule has 0 aliphatic carbocycles. The van der Waals surface area contributed by atoms with Gasteiger partial charge in [0.25, 0.3) is 5.91 Å². The maximum Gasteiger partial charge on any atom is 0.291 e. The quantitative estimate of drug-likeness (QED) is 0.413. The Morgan fingerprint density at radius 2 is 1.68 bits per heavy atom. The second-order valence-electron chi connectivity index (χ2n) is 8.00. The number of halogens is 1. The lowest BCUT2D eigenvalue weighted by Gasteiger charge is -2.25. The van der Waals surface area contributed by atoms with Crippen molar-refractivity contribution in [3.05, 3.63) is 116 Å². The summed E-state index contributed by atoms with van der Waals surface area (Å²) in [7, 11) is 0. The average molecular weight is 430 g/mol. The number of rotatable bonds is 3. The minimum Gasteiger partial charge on any atom is -0.450 e. The Kier molecular flexibility index (Phi) is 4.67. The molecule has 31 heavy (non-hydrogen) atoms. The van der Waals surface area contributed by atoms with E-state index in [2.05, 4.69) is 0 Å². The highest BCUT2D eigenvalue weighted by atomic mass is 35.5. The molecule has 0 bridgehead atoms. The average Bonchev–Trinajstić information content (AvgIpc) is 3.01. The monoisotopic (exact) mass is 429 g/mol. The van der Waals surface area contributed by atoms with Crippen molar-refractivity contribution >= 4 is 28.5 Å². The normalized spacial score (nSPS) is 15.5. The van der Waals surface area contributed by atoms with Crippen LogP contribution >= 0.6 is 11.6 Å². The van der Waals surface area contributed by atoms with Gasteiger partial charge in [0.2, 0.25) is 5.76 Å². The van der Waals surface area contributed by atoms with Crippen LogP contribution in [0.1, 0.15) is 44.4 Å². The number of aryl methyl sites for hydroxylation is 2. The van der Waals surface area contributed by atoms with Gasteiger partial charge in [-0.1, -0.05) is 60.1 Å². The number of benzene rings is 3. The van der Waals surface area contributed by atoms with Crippen LogP contribution in [0, 0.1) is 13.8 Å². The van der Waals surface area contributed by atoms with Gasteiger partial charge in [-0.25, -0.2) is 0 Å². The third-order valence-corrected chi connectivity index (χ3v) is 6.05. The van der Waals surface area contributed by atoms with E-state index in [9.17, 15) is 9.59 Å².